The maximum absolute atomic E-state index is 12.1. The number of hydrogen-bond donors (Lipinski definition) is 2. The van der Waals surface area contributed by atoms with E-state index in [2.05, 4.69) is 17.6 Å². The summed E-state index contributed by atoms with van der Waals surface area (Å²) < 4.78 is 23.0. The van der Waals surface area contributed by atoms with E-state index in [1.807, 2.05) is 0 Å². The van der Waals surface area contributed by atoms with Gasteiger partial charge in [-0.25, -0.2) is 8.42 Å². The van der Waals surface area contributed by atoms with Crippen LogP contribution in [-0.4, -0.2) is 39.2 Å². The van der Waals surface area contributed by atoms with Crippen molar-refractivity contribution in [3.8, 4) is 0 Å². The first-order valence-corrected chi connectivity index (χ1v) is 8.53. The summed E-state index contributed by atoms with van der Waals surface area (Å²) in [7, 11) is -3.29. The zero-order valence-corrected chi connectivity index (χ0v) is 12.6. The number of nitrogens with one attached hydrogen (secondary N) is 2. The zero-order chi connectivity index (χ0) is 14.8. The van der Waals surface area contributed by atoms with Gasteiger partial charge in [0.05, 0.1) is 4.90 Å². The lowest BCUT2D eigenvalue weighted by Crippen LogP contribution is -2.47. The van der Waals surface area contributed by atoms with Crippen molar-refractivity contribution in [2.45, 2.75) is 30.2 Å². The molecule has 0 bridgehead atoms. The highest BCUT2D eigenvalue weighted by Gasteiger charge is 2.28. The van der Waals surface area contributed by atoms with E-state index in [0.29, 0.717) is 12.1 Å². The van der Waals surface area contributed by atoms with Gasteiger partial charge in [0.1, 0.15) is 0 Å². The van der Waals surface area contributed by atoms with Crippen LogP contribution in [-0.2, 0) is 9.84 Å². The van der Waals surface area contributed by atoms with Gasteiger partial charge in [-0.15, -0.1) is 0 Å². The average Bonchev–Trinajstić information content (AvgIpc) is 2.83. The van der Waals surface area contributed by atoms with Gasteiger partial charge in [0.2, 0.25) is 0 Å². The minimum absolute atomic E-state index is 0.0654. The molecule has 0 saturated carbocycles. The van der Waals surface area contributed by atoms with Crippen LogP contribution in [0.1, 0.15) is 30.1 Å². The molecular weight excluding hydrogens is 276 g/mol. The highest BCUT2D eigenvalue weighted by molar-refractivity contribution is 7.90. The van der Waals surface area contributed by atoms with Crippen LogP contribution in [0.2, 0.25) is 0 Å². The lowest BCUT2D eigenvalue weighted by molar-refractivity contribution is 0.0942. The molecule has 2 N–H and O–H groups in total. The van der Waals surface area contributed by atoms with Crippen molar-refractivity contribution in [3.05, 3.63) is 29.8 Å². The Morgan fingerprint density at radius 3 is 2.80 bits per heavy atom. The van der Waals surface area contributed by atoms with Crippen LogP contribution in [0.4, 0.5) is 0 Å². The molecule has 0 aromatic heterocycles. The lowest BCUT2D eigenvalue weighted by atomic mass is 10.0. The summed E-state index contributed by atoms with van der Waals surface area (Å²) in [5.74, 6) is -0.245. The van der Waals surface area contributed by atoms with Crippen molar-refractivity contribution < 1.29 is 13.2 Å². The van der Waals surface area contributed by atoms with Gasteiger partial charge in [-0.2, -0.15) is 0 Å². The Morgan fingerprint density at radius 1 is 1.45 bits per heavy atom. The second-order valence-electron chi connectivity index (χ2n) is 5.57. The summed E-state index contributed by atoms with van der Waals surface area (Å²) in [4.78, 5) is 12.3. The second kappa shape index (κ2) is 5.54. The molecular formula is C14H20N2O3S. The fourth-order valence-electron chi connectivity index (χ4n) is 2.35. The molecule has 1 aliphatic heterocycles. The topological polar surface area (TPSA) is 75.3 Å². The van der Waals surface area contributed by atoms with Gasteiger partial charge in [0.25, 0.3) is 5.91 Å². The molecule has 1 aromatic rings. The van der Waals surface area contributed by atoms with Gasteiger partial charge >= 0.3 is 0 Å². The Bertz CT molecular complexity index is 605. The summed E-state index contributed by atoms with van der Waals surface area (Å²) in [5, 5.41) is 6.23. The van der Waals surface area contributed by atoms with Gasteiger partial charge in [-0.05, 0) is 44.5 Å². The average molecular weight is 296 g/mol. The van der Waals surface area contributed by atoms with Gasteiger partial charge < -0.3 is 10.6 Å². The largest absolute Gasteiger partial charge is 0.350 e. The molecule has 2 rings (SSSR count). The Balaban J connectivity index is 2.06. The first-order chi connectivity index (χ1) is 9.30. The smallest absolute Gasteiger partial charge is 0.251 e. The summed E-state index contributed by atoms with van der Waals surface area (Å²) in [6, 6.07) is 6.11. The van der Waals surface area contributed by atoms with Crippen LogP contribution in [0, 0.1) is 0 Å². The van der Waals surface area contributed by atoms with Crippen LogP contribution < -0.4 is 10.6 Å². The number of carbonyl (C=O) groups excluding carboxylic acids is 1. The van der Waals surface area contributed by atoms with Crippen LogP contribution in [0.25, 0.3) is 0 Å². The van der Waals surface area contributed by atoms with E-state index in [9.17, 15) is 13.2 Å². The van der Waals surface area contributed by atoms with Gasteiger partial charge in [-0.1, -0.05) is 6.07 Å². The highest BCUT2D eigenvalue weighted by atomic mass is 32.2. The van der Waals surface area contributed by atoms with Crippen LogP contribution in [0.15, 0.2) is 29.2 Å². The Morgan fingerprint density at radius 2 is 2.20 bits per heavy atom. The summed E-state index contributed by atoms with van der Waals surface area (Å²) in [6.45, 7) is 3.58. The molecule has 1 fully saturated rings. The summed E-state index contributed by atoms with van der Waals surface area (Å²) in [5.41, 5.74) is 0.305. The predicted molar refractivity (Wildman–Crippen MR) is 77.5 cm³/mol. The quantitative estimate of drug-likeness (QED) is 0.868. The van der Waals surface area contributed by atoms with Crippen molar-refractivity contribution in [3.63, 3.8) is 0 Å². The lowest BCUT2D eigenvalue weighted by Gasteiger charge is -2.24. The van der Waals surface area contributed by atoms with Crippen molar-refractivity contribution in [1.82, 2.24) is 10.6 Å². The molecule has 5 nitrogen and oxygen atoms in total. The normalized spacial score (nSPS) is 22.7. The number of amides is 1. The molecule has 1 unspecified atom stereocenters. The molecule has 0 radical (unpaired) electrons. The van der Waals surface area contributed by atoms with Crippen molar-refractivity contribution in [1.29, 1.82) is 0 Å². The molecule has 6 heteroatoms. The fraction of sp³-hybridized carbons (Fsp3) is 0.500. The molecule has 0 aliphatic carbocycles. The number of hydrogen-bond acceptors (Lipinski definition) is 4. The molecule has 1 saturated heterocycles. The SMILES string of the molecule is CC1(CNC(=O)c2cccc(S(C)(=O)=O)c2)CCCN1. The Hall–Kier alpha value is -1.40. The molecule has 1 amide bonds. The number of carbonyl (C=O) groups is 1. The first-order valence-electron chi connectivity index (χ1n) is 6.64. The van der Waals surface area contributed by atoms with Gasteiger partial charge in [0, 0.05) is 23.9 Å². The van der Waals surface area contributed by atoms with E-state index in [0.717, 1.165) is 25.6 Å². The summed E-state index contributed by atoms with van der Waals surface area (Å²) in [6.07, 6.45) is 3.26. The van der Waals surface area contributed by atoms with Gasteiger partial charge in [0.15, 0.2) is 9.84 Å². The molecule has 110 valence electrons. The van der Waals surface area contributed by atoms with E-state index in [4.69, 9.17) is 0 Å². The Labute approximate surface area is 119 Å². The van der Waals surface area contributed by atoms with Crippen LogP contribution >= 0.6 is 0 Å². The van der Waals surface area contributed by atoms with E-state index in [1.165, 1.54) is 12.1 Å². The number of sulfone groups is 1. The third-order valence-corrected chi connectivity index (χ3v) is 4.73. The third kappa shape index (κ3) is 3.58. The summed E-state index contributed by atoms with van der Waals surface area (Å²) >= 11 is 0. The predicted octanol–water partition coefficient (Wildman–Crippen LogP) is 0.962. The van der Waals surface area contributed by atoms with Crippen LogP contribution in [0.5, 0.6) is 0 Å². The van der Waals surface area contributed by atoms with Crippen molar-refractivity contribution in [2.75, 3.05) is 19.3 Å². The maximum Gasteiger partial charge on any atom is 0.251 e. The standard InChI is InChI=1S/C14H20N2O3S/c1-14(7-4-8-16-14)10-15-13(17)11-5-3-6-12(9-11)20(2,18)19/h3,5-6,9,16H,4,7-8,10H2,1-2H3,(H,15,17). The first kappa shape index (κ1) is 15.0. The monoisotopic (exact) mass is 296 g/mol. The molecule has 0 spiro atoms. The zero-order valence-electron chi connectivity index (χ0n) is 11.8. The second-order valence-corrected chi connectivity index (χ2v) is 7.59. The maximum atomic E-state index is 12.1. The van der Waals surface area contributed by atoms with Crippen molar-refractivity contribution >= 4 is 15.7 Å². The highest BCUT2D eigenvalue weighted by Crippen LogP contribution is 2.17. The van der Waals surface area contributed by atoms with Crippen LogP contribution in [0.3, 0.4) is 0 Å². The third-order valence-electron chi connectivity index (χ3n) is 3.62. The van der Waals surface area contributed by atoms with E-state index in [1.54, 1.807) is 12.1 Å². The fourth-order valence-corrected chi connectivity index (χ4v) is 3.02. The molecule has 20 heavy (non-hydrogen) atoms. The molecule has 1 heterocycles. The molecule has 1 aromatic carbocycles. The van der Waals surface area contributed by atoms with E-state index in [-0.39, 0.29) is 16.3 Å². The minimum Gasteiger partial charge on any atom is -0.350 e. The van der Waals surface area contributed by atoms with Gasteiger partial charge in [-0.3, -0.25) is 4.79 Å². The van der Waals surface area contributed by atoms with E-state index >= 15 is 0 Å². The Kier molecular flexibility index (Phi) is 4.15. The van der Waals surface area contributed by atoms with E-state index < -0.39 is 9.84 Å². The van der Waals surface area contributed by atoms with Crippen molar-refractivity contribution in [2.24, 2.45) is 0 Å². The molecule has 1 atom stereocenters. The number of rotatable bonds is 4. The number of benzene rings is 1. The molecule has 1 aliphatic rings. The minimum atomic E-state index is -3.29.